The Bertz CT molecular complexity index is 915. The maximum Gasteiger partial charge on any atom is 0.305 e. The number of allylic oxidation sites excluding steroid dienone is 6. The van der Waals surface area contributed by atoms with Crippen molar-refractivity contribution in [1.82, 2.24) is 5.32 Å². The maximum atomic E-state index is 12.4. The van der Waals surface area contributed by atoms with Crippen LogP contribution in [0.15, 0.2) is 36.5 Å². The third-order valence-electron chi connectivity index (χ3n) is 10.9. The number of amides is 1. The third-order valence-corrected chi connectivity index (χ3v) is 10.9. The molecule has 2 atom stereocenters. The molecule has 328 valence electrons. The summed E-state index contributed by atoms with van der Waals surface area (Å²) in [4.78, 5) is 24.4. The summed E-state index contributed by atoms with van der Waals surface area (Å²) in [5, 5.41) is 23.2. The highest BCUT2D eigenvalue weighted by molar-refractivity contribution is 5.76. The van der Waals surface area contributed by atoms with Crippen LogP contribution >= 0.6 is 0 Å². The lowest BCUT2D eigenvalue weighted by Gasteiger charge is -2.22. The second kappa shape index (κ2) is 45.8. The number of rotatable bonds is 44. The number of hydrogen-bond donors (Lipinski definition) is 3. The molecule has 0 bridgehead atoms. The Kier molecular flexibility index (Phi) is 44.2. The summed E-state index contributed by atoms with van der Waals surface area (Å²) < 4.78 is 5.41. The number of carbonyl (C=O) groups is 2. The molecule has 3 N–H and O–H groups in total. The largest absolute Gasteiger partial charge is 0.466 e. The molecule has 0 saturated carbocycles. The number of ether oxygens (including phenoxy) is 1. The van der Waals surface area contributed by atoms with E-state index in [1.54, 1.807) is 0 Å². The zero-order valence-corrected chi connectivity index (χ0v) is 37.1. The van der Waals surface area contributed by atoms with Gasteiger partial charge in [-0.2, -0.15) is 0 Å². The van der Waals surface area contributed by atoms with Gasteiger partial charge in [0.25, 0.3) is 0 Å². The van der Waals surface area contributed by atoms with Gasteiger partial charge in [-0.3, -0.25) is 9.59 Å². The highest BCUT2D eigenvalue weighted by Gasteiger charge is 2.20. The number of nitrogens with one attached hydrogen (secondary N) is 1. The molecule has 0 aromatic heterocycles. The molecule has 0 aliphatic heterocycles. The number of aliphatic hydroxyl groups excluding tert-OH is 2. The van der Waals surface area contributed by atoms with Crippen LogP contribution < -0.4 is 5.32 Å². The van der Waals surface area contributed by atoms with Gasteiger partial charge in [0.2, 0.25) is 5.91 Å². The van der Waals surface area contributed by atoms with Crippen LogP contribution in [0.5, 0.6) is 0 Å². The quantitative estimate of drug-likeness (QED) is 0.0325. The zero-order valence-electron chi connectivity index (χ0n) is 37.1. The summed E-state index contributed by atoms with van der Waals surface area (Å²) in [5.74, 6) is -0.124. The van der Waals surface area contributed by atoms with Crippen LogP contribution in [-0.4, -0.2) is 47.4 Å². The van der Waals surface area contributed by atoms with Gasteiger partial charge in [-0.25, -0.2) is 0 Å². The van der Waals surface area contributed by atoms with Crippen molar-refractivity contribution in [1.29, 1.82) is 0 Å². The minimum Gasteiger partial charge on any atom is -0.466 e. The summed E-state index contributed by atoms with van der Waals surface area (Å²) in [5.41, 5.74) is 0. The van der Waals surface area contributed by atoms with Crippen molar-refractivity contribution < 1.29 is 24.5 Å². The van der Waals surface area contributed by atoms with E-state index in [9.17, 15) is 19.8 Å². The molecule has 1 amide bonds. The van der Waals surface area contributed by atoms with E-state index in [2.05, 4.69) is 55.6 Å². The third kappa shape index (κ3) is 41.7. The number of hydrogen-bond acceptors (Lipinski definition) is 5. The van der Waals surface area contributed by atoms with Gasteiger partial charge >= 0.3 is 5.97 Å². The van der Waals surface area contributed by atoms with Crippen molar-refractivity contribution in [3.63, 3.8) is 0 Å². The maximum absolute atomic E-state index is 12.4. The molecule has 0 aromatic carbocycles. The number of unbranched alkanes of at least 4 members (excludes halogenated alkanes) is 27. The van der Waals surface area contributed by atoms with Crippen LogP contribution in [0.4, 0.5) is 0 Å². The second-order valence-corrected chi connectivity index (χ2v) is 16.4. The number of aliphatic hydroxyl groups is 2. The Hall–Kier alpha value is -1.92. The lowest BCUT2D eigenvalue weighted by atomic mass is 10.0. The van der Waals surface area contributed by atoms with Crippen LogP contribution in [0.1, 0.15) is 245 Å². The lowest BCUT2D eigenvalue weighted by molar-refractivity contribution is -0.143. The molecule has 0 spiro atoms. The smallest absolute Gasteiger partial charge is 0.305 e. The lowest BCUT2D eigenvalue weighted by Crippen LogP contribution is -2.45. The molecule has 0 aliphatic rings. The van der Waals surface area contributed by atoms with Gasteiger partial charge < -0.3 is 20.3 Å². The van der Waals surface area contributed by atoms with Gasteiger partial charge in [0.15, 0.2) is 0 Å². The van der Waals surface area contributed by atoms with E-state index in [4.69, 9.17) is 4.74 Å². The molecule has 6 nitrogen and oxygen atoms in total. The van der Waals surface area contributed by atoms with E-state index in [1.807, 2.05) is 0 Å². The van der Waals surface area contributed by atoms with Crippen LogP contribution in [0.2, 0.25) is 0 Å². The normalized spacial score (nSPS) is 13.0. The molecule has 0 aliphatic carbocycles. The van der Waals surface area contributed by atoms with Crippen molar-refractivity contribution >= 4 is 11.9 Å². The monoisotopic (exact) mass is 788 g/mol. The van der Waals surface area contributed by atoms with E-state index in [0.717, 1.165) is 89.9 Å². The zero-order chi connectivity index (χ0) is 40.8. The van der Waals surface area contributed by atoms with Gasteiger partial charge in [-0.15, -0.1) is 0 Å². The minimum absolute atomic E-state index is 0.0515. The first kappa shape index (κ1) is 54.1. The molecular formula is C50H93NO5. The Balaban J connectivity index is 3.56. The average Bonchev–Trinajstić information content (AvgIpc) is 3.20. The van der Waals surface area contributed by atoms with E-state index >= 15 is 0 Å². The summed E-state index contributed by atoms with van der Waals surface area (Å²) in [6.07, 6.45) is 53.9. The fourth-order valence-electron chi connectivity index (χ4n) is 7.12. The van der Waals surface area contributed by atoms with E-state index in [1.165, 1.54) is 122 Å². The first-order valence-corrected chi connectivity index (χ1v) is 24.2. The molecule has 0 rings (SSSR count). The van der Waals surface area contributed by atoms with Gasteiger partial charge in [-0.05, 0) is 77.0 Å². The fourth-order valence-corrected chi connectivity index (χ4v) is 7.12. The second-order valence-electron chi connectivity index (χ2n) is 16.4. The van der Waals surface area contributed by atoms with E-state index in [-0.39, 0.29) is 18.5 Å². The Morgan fingerprint density at radius 3 is 1.43 bits per heavy atom. The van der Waals surface area contributed by atoms with E-state index in [0.29, 0.717) is 25.9 Å². The fraction of sp³-hybridized carbons (Fsp3) is 0.840. The van der Waals surface area contributed by atoms with Crippen molar-refractivity contribution in [3.8, 4) is 0 Å². The minimum atomic E-state index is -0.686. The van der Waals surface area contributed by atoms with Gasteiger partial charge in [0, 0.05) is 12.8 Å². The van der Waals surface area contributed by atoms with Gasteiger partial charge in [0.1, 0.15) is 0 Å². The van der Waals surface area contributed by atoms with Crippen LogP contribution in [-0.2, 0) is 14.3 Å². The Morgan fingerprint density at radius 1 is 0.500 bits per heavy atom. The molecule has 0 aromatic rings. The van der Waals surface area contributed by atoms with Crippen molar-refractivity contribution in [2.75, 3.05) is 13.2 Å². The molecule has 56 heavy (non-hydrogen) atoms. The topological polar surface area (TPSA) is 95.9 Å². The first-order valence-electron chi connectivity index (χ1n) is 24.2. The van der Waals surface area contributed by atoms with Crippen LogP contribution in [0, 0.1) is 0 Å². The van der Waals surface area contributed by atoms with E-state index < -0.39 is 12.1 Å². The Morgan fingerprint density at radius 2 is 0.911 bits per heavy atom. The molecule has 0 radical (unpaired) electrons. The number of esters is 1. The standard InChI is InChI=1S/C50H93NO5/c1-3-5-7-9-11-13-15-17-19-20-22-26-30-34-38-42-48(53)47(46-52)51-49(54)43-39-35-31-27-24-25-29-33-37-41-45-56-50(55)44-40-36-32-28-23-21-18-16-14-12-10-8-6-4-2/h10,12,16,18,25,29,47-48,52-53H,3-9,11,13-15,17,19-24,26-28,30-46H2,1-2H3,(H,51,54)/b12-10-,18-16-,29-25-. The van der Waals surface area contributed by atoms with Crippen molar-refractivity contribution in [2.24, 2.45) is 0 Å². The predicted octanol–water partition coefficient (Wildman–Crippen LogP) is 14.1. The molecule has 0 saturated heterocycles. The highest BCUT2D eigenvalue weighted by atomic mass is 16.5. The predicted molar refractivity (Wildman–Crippen MR) is 241 cm³/mol. The molecule has 6 heteroatoms. The van der Waals surface area contributed by atoms with Crippen LogP contribution in [0.3, 0.4) is 0 Å². The number of carbonyl (C=O) groups excluding carboxylic acids is 2. The Labute approximate surface area is 347 Å². The van der Waals surface area contributed by atoms with Crippen molar-refractivity contribution in [3.05, 3.63) is 36.5 Å². The summed E-state index contributed by atoms with van der Waals surface area (Å²) in [7, 11) is 0. The summed E-state index contributed by atoms with van der Waals surface area (Å²) in [6, 6.07) is -0.567. The van der Waals surface area contributed by atoms with Crippen LogP contribution in [0.25, 0.3) is 0 Å². The van der Waals surface area contributed by atoms with Crippen molar-refractivity contribution in [2.45, 2.75) is 257 Å². The van der Waals surface area contributed by atoms with Gasteiger partial charge in [0.05, 0.1) is 25.4 Å². The SMILES string of the molecule is CCCC/C=C\C/C=C\CCCCCCCC(=O)OCCCC/C=C\CCCCCCC(=O)NC(CO)C(O)CCCCCCCCCCCCCCCCC. The molecule has 2 unspecified atom stereocenters. The molecular weight excluding hydrogens is 695 g/mol. The average molecular weight is 788 g/mol. The summed E-state index contributed by atoms with van der Waals surface area (Å²) >= 11 is 0. The summed E-state index contributed by atoms with van der Waals surface area (Å²) in [6.45, 7) is 4.81. The molecule has 0 heterocycles. The first-order chi connectivity index (χ1) is 27.5. The highest BCUT2D eigenvalue weighted by Crippen LogP contribution is 2.15. The molecule has 0 fully saturated rings. The van der Waals surface area contributed by atoms with Gasteiger partial charge in [-0.1, -0.05) is 192 Å².